The van der Waals surface area contributed by atoms with Crippen LogP contribution in [0.3, 0.4) is 0 Å². The Labute approximate surface area is 546 Å². The van der Waals surface area contributed by atoms with Crippen LogP contribution in [0.4, 0.5) is 0 Å². The number of likely N-dealkylation sites (N-methyl/N-ethyl adjacent to an activating group) is 1. The van der Waals surface area contributed by atoms with Gasteiger partial charge in [-0.15, -0.1) is 0 Å². The average molecular weight is 1330 g/mol. The van der Waals surface area contributed by atoms with Crippen molar-refractivity contribution in [1.82, 2.24) is 15.2 Å². The molecule has 2 rings (SSSR count). The zero-order valence-electron chi connectivity index (χ0n) is 56.3. The van der Waals surface area contributed by atoms with Crippen molar-refractivity contribution in [2.24, 2.45) is 21.7 Å². The van der Waals surface area contributed by atoms with Gasteiger partial charge in [0.25, 0.3) is 0 Å². The maximum absolute atomic E-state index is 15.1. The second-order valence-corrected chi connectivity index (χ2v) is 28.0. The lowest BCUT2D eigenvalue weighted by atomic mass is 9.40. The molecule has 1 amide bonds. The van der Waals surface area contributed by atoms with Gasteiger partial charge >= 0.3 is 47.8 Å². The van der Waals surface area contributed by atoms with Crippen LogP contribution in [0.15, 0.2) is 29.4 Å². The van der Waals surface area contributed by atoms with Crippen LogP contribution in [-0.2, 0) is 90.5 Å². The lowest BCUT2D eigenvalue weighted by Crippen LogP contribution is -2.62. The summed E-state index contributed by atoms with van der Waals surface area (Å²) >= 11 is 0. The molecule has 0 spiro atoms. The highest BCUT2D eigenvalue weighted by Crippen LogP contribution is 2.51. The van der Waals surface area contributed by atoms with Crippen LogP contribution in [0, 0.1) is 21.7 Å². The minimum Gasteiger partial charge on any atom is -0.481 e. The second kappa shape index (κ2) is 39.6. The van der Waals surface area contributed by atoms with Gasteiger partial charge in [0.1, 0.15) is 45.5 Å². The minimum absolute atomic E-state index is 0.00325. The van der Waals surface area contributed by atoms with Gasteiger partial charge in [0, 0.05) is 61.9 Å². The summed E-state index contributed by atoms with van der Waals surface area (Å²) in [7, 11) is 6.38. The van der Waals surface area contributed by atoms with Crippen molar-refractivity contribution in [2.75, 3.05) is 85.8 Å². The van der Waals surface area contributed by atoms with Crippen LogP contribution >= 0.6 is 21.6 Å². The molecular formula is C62H103B2N3O22S2. The van der Waals surface area contributed by atoms with E-state index in [1.54, 1.807) is 60.7 Å². The zero-order chi connectivity index (χ0) is 68.8. The molecule has 12 atom stereocenters. The lowest BCUT2D eigenvalue weighted by molar-refractivity contribution is -0.308. The van der Waals surface area contributed by atoms with Crippen molar-refractivity contribution >= 4 is 89.8 Å². The SMILES string of the molecule is CCCCOC(=O)C(C)(CC(C)(CCC)C(=O)O)CC(C)(CBC(C)(CC(C)(CBC(C)(CC)C(=O)OCCOCCO[C@@H]1O[C@H](CO)[C@H](OC(C)=O)[C@H](OC(C)=O)[C@H]1OC(C)=O)C(=O)NCC(C)O)C(=O)OCCSSc1ccccn1)C(=O)OCCN(C)C. The molecule has 91 heavy (non-hydrogen) atoms. The summed E-state index contributed by atoms with van der Waals surface area (Å²) in [4.78, 5) is 129. The number of nitrogens with zero attached hydrogens (tertiary/aromatic N) is 2. The molecule has 1 aromatic heterocycles. The number of esters is 7. The van der Waals surface area contributed by atoms with Crippen molar-refractivity contribution in [3.63, 3.8) is 0 Å². The third kappa shape index (κ3) is 27.5. The quantitative estimate of drug-likeness (QED) is 0.0192. The molecule has 1 aliphatic heterocycles. The summed E-state index contributed by atoms with van der Waals surface area (Å²) in [5.41, 5.74) is -6.03. The molecule has 0 bridgehead atoms. The lowest BCUT2D eigenvalue weighted by Gasteiger charge is -2.43. The molecule has 4 N–H and O–H groups in total. The van der Waals surface area contributed by atoms with Crippen molar-refractivity contribution in [1.29, 1.82) is 0 Å². The molecule has 0 radical (unpaired) electrons. The minimum atomic E-state index is -1.58. The first-order valence-electron chi connectivity index (χ1n) is 31.3. The zero-order valence-corrected chi connectivity index (χ0v) is 58.0. The van der Waals surface area contributed by atoms with E-state index in [0.29, 0.717) is 25.1 Å². The van der Waals surface area contributed by atoms with Gasteiger partial charge < -0.3 is 72.9 Å². The number of carbonyl (C=O) groups is 9. The first-order chi connectivity index (χ1) is 42.6. The summed E-state index contributed by atoms with van der Waals surface area (Å²) in [6, 6.07) is 5.49. The van der Waals surface area contributed by atoms with Crippen LogP contribution < -0.4 is 5.32 Å². The third-order valence-corrected chi connectivity index (χ3v) is 18.5. The number of carboxylic acids is 1. The topological polar surface area (TPSA) is 335 Å². The van der Waals surface area contributed by atoms with E-state index in [4.69, 9.17) is 47.4 Å². The van der Waals surface area contributed by atoms with Crippen molar-refractivity contribution < 1.29 is 106 Å². The highest BCUT2D eigenvalue weighted by molar-refractivity contribution is 8.76. The summed E-state index contributed by atoms with van der Waals surface area (Å²) in [6.07, 6.45) is -4.61. The van der Waals surface area contributed by atoms with Gasteiger partial charge in [0.2, 0.25) is 5.91 Å². The van der Waals surface area contributed by atoms with Crippen LogP contribution in [0.25, 0.3) is 0 Å². The van der Waals surface area contributed by atoms with Gasteiger partial charge in [-0.1, -0.05) is 83.9 Å². The number of unbranched alkanes of at least 4 members (excludes halogenated alkanes) is 1. The number of hydrogen-bond acceptors (Lipinski definition) is 25. The number of aliphatic hydroxyl groups excluding tert-OH is 2. The highest BCUT2D eigenvalue weighted by atomic mass is 33.1. The second-order valence-electron chi connectivity index (χ2n) is 25.6. The molecule has 29 heteroatoms. The summed E-state index contributed by atoms with van der Waals surface area (Å²) in [6.45, 7) is 19.1. The Hall–Kier alpha value is -5.03. The first kappa shape index (κ1) is 82.1. The van der Waals surface area contributed by atoms with E-state index in [9.17, 15) is 53.7 Å². The Morgan fingerprint density at radius 2 is 1.24 bits per heavy atom. The number of carbonyl (C=O) groups excluding carboxylic acids is 8. The van der Waals surface area contributed by atoms with Gasteiger partial charge in [-0.05, 0) is 103 Å². The van der Waals surface area contributed by atoms with E-state index in [2.05, 4.69) is 10.3 Å². The molecule has 1 aliphatic rings. The normalized spacial score (nSPS) is 20.8. The van der Waals surface area contributed by atoms with E-state index in [1.165, 1.54) is 28.5 Å². The van der Waals surface area contributed by atoms with Gasteiger partial charge in [-0.3, -0.25) is 43.2 Å². The number of aromatic nitrogens is 1. The number of aliphatic hydroxyl groups is 2. The van der Waals surface area contributed by atoms with E-state index in [-0.39, 0.29) is 112 Å². The van der Waals surface area contributed by atoms with Crippen LogP contribution in [-0.4, -0.2) is 216 Å². The summed E-state index contributed by atoms with van der Waals surface area (Å²) < 4.78 is 57.1. The van der Waals surface area contributed by atoms with Crippen molar-refractivity contribution in [3.05, 3.63) is 24.4 Å². The van der Waals surface area contributed by atoms with Crippen molar-refractivity contribution in [3.8, 4) is 0 Å². The van der Waals surface area contributed by atoms with E-state index < -0.39 is 129 Å². The number of ether oxygens (including phenoxy) is 10. The summed E-state index contributed by atoms with van der Waals surface area (Å²) in [5, 5.41) is 32.0. The third-order valence-electron chi connectivity index (χ3n) is 16.3. The monoisotopic (exact) mass is 1330 g/mol. The molecule has 0 aromatic carbocycles. The molecule has 25 nitrogen and oxygen atoms in total. The fourth-order valence-corrected chi connectivity index (χ4v) is 12.8. The van der Waals surface area contributed by atoms with E-state index in [1.807, 2.05) is 45.0 Å². The Bertz CT molecular complexity index is 2490. The number of pyridine rings is 1. The fraction of sp³-hybridized carbons (Fsp3) is 0.774. The highest BCUT2D eigenvalue weighted by Gasteiger charge is 2.55. The van der Waals surface area contributed by atoms with Gasteiger partial charge in [0.05, 0.1) is 55.4 Å². The molecule has 2 heterocycles. The Morgan fingerprint density at radius 1 is 0.681 bits per heavy atom. The smallest absolute Gasteiger partial charge is 0.311 e. The number of amides is 1. The number of carboxylic acid groups (broad SMARTS) is 1. The largest absolute Gasteiger partial charge is 0.481 e. The molecule has 1 aromatic rings. The maximum Gasteiger partial charge on any atom is 0.311 e. The molecule has 7 unspecified atom stereocenters. The molecule has 0 aliphatic carbocycles. The molecule has 516 valence electrons. The van der Waals surface area contributed by atoms with Gasteiger partial charge in [-0.2, -0.15) is 0 Å². The first-order valence-corrected chi connectivity index (χ1v) is 33.7. The Morgan fingerprint density at radius 3 is 1.81 bits per heavy atom. The standard InChI is InChI=1S/C62H103B2N3O22S2/c1-16-19-26-82-53(76)58(9,36-57(8,23-17-2)52(74)75)37-60(11,54(77)83-27-25-67(14)15)40-64-62(13,56(79)85-32-33-90-91-46-22-20-21-24-65-46)38-59(10,51(73)66-34-41(4)69)39-63-61(12,18-3)55(78)84-31-29-80-28-30-81-50-49(88-44(7)72)48(87-43(6)71)47(86-42(5)70)45(35-68)89-50/h20-22,24,41,45,47-50,63-64,68-69H,16-19,23,25-40H2,1-15H3,(H,66,73)(H,74,75)/t41?,45-,47+,48+,49-,50-,57?,58?,59?,60?,61?,62?/m1/s1. The van der Waals surface area contributed by atoms with Crippen LogP contribution in [0.5, 0.6) is 0 Å². The Balaban J connectivity index is 2.57. The molecular weight excluding hydrogens is 1220 g/mol. The molecule has 1 saturated heterocycles. The summed E-state index contributed by atoms with van der Waals surface area (Å²) in [5.74, 6) is -6.33. The number of hydrogen-bond donors (Lipinski definition) is 4. The predicted molar refractivity (Wildman–Crippen MR) is 343 cm³/mol. The van der Waals surface area contributed by atoms with Gasteiger partial charge in [-0.25, -0.2) is 4.98 Å². The Kier molecular flexibility index (Phi) is 35.7. The number of rotatable bonds is 45. The van der Waals surface area contributed by atoms with E-state index >= 15 is 4.79 Å². The number of aliphatic carboxylic acids is 1. The number of nitrogens with one attached hydrogen (secondary N) is 1. The molecule has 0 saturated carbocycles. The average Bonchev–Trinajstić information content (AvgIpc) is 0.818. The van der Waals surface area contributed by atoms with Crippen molar-refractivity contribution in [2.45, 2.75) is 206 Å². The van der Waals surface area contributed by atoms with Crippen LogP contribution in [0.1, 0.15) is 141 Å². The van der Waals surface area contributed by atoms with E-state index in [0.717, 1.165) is 32.2 Å². The maximum atomic E-state index is 15.1. The fourth-order valence-electron chi connectivity index (χ4n) is 11.0. The predicted octanol–water partition coefficient (Wildman–Crippen LogP) is 5.96. The van der Waals surface area contributed by atoms with Crippen LogP contribution in [0.2, 0.25) is 23.3 Å². The molecule has 1 fully saturated rings. The van der Waals surface area contributed by atoms with Gasteiger partial charge in [0.15, 0.2) is 24.6 Å².